The van der Waals surface area contributed by atoms with E-state index in [1.54, 1.807) is 10.8 Å². The zero-order chi connectivity index (χ0) is 20.7. The second-order valence-corrected chi connectivity index (χ2v) is 7.43. The Kier molecular flexibility index (Phi) is 7.81. The van der Waals surface area contributed by atoms with Crippen molar-refractivity contribution in [2.45, 2.75) is 34.2 Å². The molecule has 1 amide bonds. The number of aryl methyl sites for hydroxylation is 2. The number of hydrogen-bond donors (Lipinski definition) is 1. The van der Waals surface area contributed by atoms with E-state index >= 15 is 0 Å². The highest BCUT2D eigenvalue weighted by atomic mass is 35.5. The third-order valence-electron chi connectivity index (χ3n) is 4.00. The van der Waals surface area contributed by atoms with E-state index < -0.39 is 5.97 Å². The lowest BCUT2D eigenvalue weighted by Gasteiger charge is -2.07. The van der Waals surface area contributed by atoms with Crippen molar-refractivity contribution >= 4 is 29.6 Å². The van der Waals surface area contributed by atoms with Crippen LogP contribution in [0.15, 0.2) is 30.3 Å². The number of ether oxygens (including phenoxy) is 1. The van der Waals surface area contributed by atoms with Crippen LogP contribution in [0.1, 0.15) is 36.2 Å². The number of aromatic nitrogens is 2. The fraction of sp³-hybridized carbons (Fsp3) is 0.381. The minimum atomic E-state index is -0.610. The molecule has 0 aliphatic heterocycles. The maximum atomic E-state index is 11.9. The van der Waals surface area contributed by atoms with Gasteiger partial charge in [-0.25, -0.2) is 9.48 Å². The molecule has 7 heteroatoms. The van der Waals surface area contributed by atoms with Crippen LogP contribution < -0.4 is 5.32 Å². The Morgan fingerprint density at radius 2 is 1.93 bits per heavy atom. The van der Waals surface area contributed by atoms with Crippen LogP contribution in [0.3, 0.4) is 0 Å². The number of hydrogen-bond acceptors (Lipinski definition) is 4. The van der Waals surface area contributed by atoms with E-state index in [4.69, 9.17) is 16.3 Å². The fourth-order valence-corrected chi connectivity index (χ4v) is 2.73. The molecule has 0 unspecified atom stereocenters. The Morgan fingerprint density at radius 3 is 2.57 bits per heavy atom. The summed E-state index contributed by atoms with van der Waals surface area (Å²) >= 11 is 6.43. The molecule has 2 rings (SSSR count). The standard InChI is InChI=1S/C21H26ClN3O3/c1-14(2)11-23-19(26)13-28-20(27)10-9-18-16(4)24-25(21(18)22)12-17-7-5-15(3)6-8-17/h5-10,14H,11-13H2,1-4H3,(H,23,26)/b10-9+. The number of amides is 1. The molecule has 0 atom stereocenters. The molecule has 0 bridgehead atoms. The topological polar surface area (TPSA) is 73.2 Å². The predicted octanol–water partition coefficient (Wildman–Crippen LogP) is 3.53. The summed E-state index contributed by atoms with van der Waals surface area (Å²) in [5.41, 5.74) is 3.62. The van der Waals surface area contributed by atoms with E-state index in [0.29, 0.717) is 35.4 Å². The van der Waals surface area contributed by atoms with Gasteiger partial charge in [0.25, 0.3) is 5.91 Å². The van der Waals surface area contributed by atoms with Crippen molar-refractivity contribution in [2.24, 2.45) is 5.92 Å². The lowest BCUT2D eigenvalue weighted by Crippen LogP contribution is -2.31. The molecule has 0 radical (unpaired) electrons. The molecular formula is C21H26ClN3O3. The Balaban J connectivity index is 1.96. The summed E-state index contributed by atoms with van der Waals surface area (Å²) in [5, 5.41) is 7.56. The first-order chi connectivity index (χ1) is 13.3. The molecule has 150 valence electrons. The highest BCUT2D eigenvalue weighted by Gasteiger charge is 2.12. The normalized spacial score (nSPS) is 11.2. The average Bonchev–Trinajstić information content (AvgIpc) is 2.91. The van der Waals surface area contributed by atoms with Crippen LogP contribution in [0, 0.1) is 19.8 Å². The molecule has 0 saturated carbocycles. The van der Waals surface area contributed by atoms with E-state index in [-0.39, 0.29) is 12.5 Å². The third-order valence-corrected chi connectivity index (χ3v) is 4.40. The minimum absolute atomic E-state index is 0.310. The van der Waals surface area contributed by atoms with Crippen molar-refractivity contribution in [2.75, 3.05) is 13.2 Å². The molecule has 2 aromatic rings. The van der Waals surface area contributed by atoms with Gasteiger partial charge < -0.3 is 10.1 Å². The van der Waals surface area contributed by atoms with E-state index in [1.807, 2.05) is 52.0 Å². The Labute approximate surface area is 170 Å². The zero-order valence-corrected chi connectivity index (χ0v) is 17.4. The smallest absolute Gasteiger partial charge is 0.331 e. The molecule has 0 aliphatic carbocycles. The van der Waals surface area contributed by atoms with Crippen molar-refractivity contribution in [3.63, 3.8) is 0 Å². The van der Waals surface area contributed by atoms with Gasteiger partial charge in [-0.2, -0.15) is 5.10 Å². The van der Waals surface area contributed by atoms with Gasteiger partial charge in [-0.3, -0.25) is 4.79 Å². The molecule has 28 heavy (non-hydrogen) atoms. The van der Waals surface area contributed by atoms with Crippen LogP contribution in [0.5, 0.6) is 0 Å². The van der Waals surface area contributed by atoms with Crippen molar-refractivity contribution < 1.29 is 14.3 Å². The lowest BCUT2D eigenvalue weighted by molar-refractivity contribution is -0.143. The lowest BCUT2D eigenvalue weighted by atomic mass is 10.1. The first kappa shape index (κ1) is 21.7. The largest absolute Gasteiger partial charge is 0.452 e. The van der Waals surface area contributed by atoms with Crippen LogP contribution >= 0.6 is 11.6 Å². The minimum Gasteiger partial charge on any atom is -0.452 e. The van der Waals surface area contributed by atoms with Crippen LogP contribution in [0.2, 0.25) is 5.15 Å². The molecule has 1 heterocycles. The molecule has 1 aromatic carbocycles. The van der Waals surface area contributed by atoms with Crippen molar-refractivity contribution in [3.8, 4) is 0 Å². The SMILES string of the molecule is Cc1ccc(Cn2nc(C)c(/C=C/C(=O)OCC(=O)NCC(C)C)c2Cl)cc1. The molecule has 0 aliphatic rings. The number of nitrogens with zero attached hydrogens (tertiary/aromatic N) is 2. The number of esters is 1. The van der Waals surface area contributed by atoms with Gasteiger partial charge in [0.1, 0.15) is 5.15 Å². The molecule has 6 nitrogen and oxygen atoms in total. The van der Waals surface area contributed by atoms with Crippen molar-refractivity contribution in [3.05, 3.63) is 57.9 Å². The summed E-state index contributed by atoms with van der Waals surface area (Å²) in [6, 6.07) is 8.13. The number of rotatable bonds is 8. The number of carbonyl (C=O) groups excluding carboxylic acids is 2. The van der Waals surface area contributed by atoms with Gasteiger partial charge in [0.05, 0.1) is 12.2 Å². The summed E-state index contributed by atoms with van der Waals surface area (Å²) in [6.07, 6.45) is 2.81. The molecule has 0 saturated heterocycles. The number of benzene rings is 1. The molecule has 1 N–H and O–H groups in total. The summed E-state index contributed by atoms with van der Waals surface area (Å²) in [7, 11) is 0. The summed E-state index contributed by atoms with van der Waals surface area (Å²) in [5.74, 6) is -0.599. The van der Waals surface area contributed by atoms with Gasteiger partial charge in [-0.05, 0) is 31.4 Å². The van der Waals surface area contributed by atoms with Crippen LogP contribution in [0.4, 0.5) is 0 Å². The second kappa shape index (κ2) is 10.1. The van der Waals surface area contributed by atoms with Gasteiger partial charge >= 0.3 is 5.97 Å². The number of halogens is 1. The van der Waals surface area contributed by atoms with Gasteiger partial charge in [0.2, 0.25) is 0 Å². The number of carbonyl (C=O) groups is 2. The second-order valence-electron chi connectivity index (χ2n) is 7.07. The third kappa shape index (κ3) is 6.53. The average molecular weight is 404 g/mol. The Bertz CT molecular complexity index is 855. The van der Waals surface area contributed by atoms with Gasteiger partial charge in [0.15, 0.2) is 6.61 Å². The molecular weight excluding hydrogens is 378 g/mol. The summed E-state index contributed by atoms with van der Waals surface area (Å²) < 4.78 is 6.63. The van der Waals surface area contributed by atoms with Crippen molar-refractivity contribution in [1.82, 2.24) is 15.1 Å². The number of nitrogens with one attached hydrogen (secondary N) is 1. The van der Waals surface area contributed by atoms with Gasteiger partial charge in [0, 0.05) is 18.2 Å². The van der Waals surface area contributed by atoms with Crippen LogP contribution in [-0.2, 0) is 20.9 Å². The van der Waals surface area contributed by atoms with Crippen LogP contribution in [-0.4, -0.2) is 34.8 Å². The maximum absolute atomic E-state index is 11.9. The van der Waals surface area contributed by atoms with E-state index in [2.05, 4.69) is 10.4 Å². The van der Waals surface area contributed by atoms with E-state index in [1.165, 1.54) is 11.6 Å². The summed E-state index contributed by atoms with van der Waals surface area (Å²) in [6.45, 7) is 8.59. The predicted molar refractivity (Wildman–Crippen MR) is 110 cm³/mol. The first-order valence-corrected chi connectivity index (χ1v) is 9.54. The van der Waals surface area contributed by atoms with E-state index in [9.17, 15) is 9.59 Å². The molecule has 0 spiro atoms. The Morgan fingerprint density at radius 1 is 1.25 bits per heavy atom. The maximum Gasteiger partial charge on any atom is 0.331 e. The summed E-state index contributed by atoms with van der Waals surface area (Å²) in [4.78, 5) is 23.4. The monoisotopic (exact) mass is 403 g/mol. The van der Waals surface area contributed by atoms with Crippen molar-refractivity contribution in [1.29, 1.82) is 0 Å². The van der Waals surface area contributed by atoms with Gasteiger partial charge in [-0.15, -0.1) is 0 Å². The highest BCUT2D eigenvalue weighted by Crippen LogP contribution is 2.22. The Hall–Kier alpha value is -2.60. The molecule has 1 aromatic heterocycles. The fourth-order valence-electron chi connectivity index (χ4n) is 2.43. The van der Waals surface area contributed by atoms with E-state index in [0.717, 1.165) is 5.56 Å². The van der Waals surface area contributed by atoms with Gasteiger partial charge in [-0.1, -0.05) is 55.3 Å². The quantitative estimate of drug-likeness (QED) is 0.540. The first-order valence-electron chi connectivity index (χ1n) is 9.16. The zero-order valence-electron chi connectivity index (χ0n) is 16.7. The molecule has 0 fully saturated rings. The highest BCUT2D eigenvalue weighted by molar-refractivity contribution is 6.31. The van der Waals surface area contributed by atoms with Crippen LogP contribution in [0.25, 0.3) is 6.08 Å².